The zero-order valence-corrected chi connectivity index (χ0v) is 11.7. The van der Waals surface area contributed by atoms with Crippen LogP contribution >= 0.6 is 0 Å². The van der Waals surface area contributed by atoms with E-state index in [1.165, 1.54) is 11.1 Å². The third-order valence-corrected chi connectivity index (χ3v) is 3.29. The Bertz CT molecular complexity index is 561. The second kappa shape index (κ2) is 5.78. The fourth-order valence-corrected chi connectivity index (χ4v) is 2.21. The molecule has 1 aromatic heterocycles. The van der Waals surface area contributed by atoms with Gasteiger partial charge in [-0.3, -0.25) is 0 Å². The van der Waals surface area contributed by atoms with Crippen molar-refractivity contribution in [3.63, 3.8) is 0 Å². The molecule has 0 atom stereocenters. The zero-order chi connectivity index (χ0) is 13.8. The van der Waals surface area contributed by atoms with Crippen molar-refractivity contribution in [3.05, 3.63) is 40.8 Å². The number of aromatic nitrogens is 1. The smallest absolute Gasteiger partial charge is 0.292 e. The molecule has 0 aliphatic heterocycles. The molecule has 2 aromatic rings. The molecule has 102 valence electrons. The van der Waals surface area contributed by atoms with Gasteiger partial charge in [0.25, 0.3) is 6.01 Å². The molecular weight excluding hydrogens is 240 g/mol. The summed E-state index contributed by atoms with van der Waals surface area (Å²) < 4.78 is 10.6. The molecule has 0 saturated carbocycles. The standard InChI is InChI=1S/C15H20N2O2/c1-4-12-9-11(6-8-14(12)18-3)5-7-13-10(2)19-15(16)17-13/h6,8-9H,4-5,7H2,1-3H3,(H2,16,17). The molecule has 0 saturated heterocycles. The van der Waals surface area contributed by atoms with Crippen LogP contribution in [0.2, 0.25) is 0 Å². The molecule has 0 amide bonds. The minimum atomic E-state index is 0.247. The highest BCUT2D eigenvalue weighted by molar-refractivity contribution is 5.37. The van der Waals surface area contributed by atoms with Crippen molar-refractivity contribution in [1.82, 2.24) is 4.98 Å². The normalized spacial score (nSPS) is 10.7. The fourth-order valence-electron chi connectivity index (χ4n) is 2.21. The molecule has 0 aliphatic carbocycles. The molecule has 0 bridgehead atoms. The number of benzene rings is 1. The van der Waals surface area contributed by atoms with Crippen molar-refractivity contribution < 1.29 is 9.15 Å². The van der Waals surface area contributed by atoms with E-state index in [1.54, 1.807) is 7.11 Å². The average Bonchev–Trinajstić information content (AvgIpc) is 2.74. The van der Waals surface area contributed by atoms with Gasteiger partial charge in [-0.05, 0) is 43.4 Å². The number of rotatable bonds is 5. The van der Waals surface area contributed by atoms with Crippen LogP contribution in [0.4, 0.5) is 6.01 Å². The summed E-state index contributed by atoms with van der Waals surface area (Å²) in [5, 5.41) is 0. The first kappa shape index (κ1) is 13.5. The lowest BCUT2D eigenvalue weighted by atomic mass is 10.0. The summed E-state index contributed by atoms with van der Waals surface area (Å²) in [4.78, 5) is 4.19. The molecule has 4 nitrogen and oxygen atoms in total. The number of ether oxygens (including phenoxy) is 1. The van der Waals surface area contributed by atoms with E-state index in [9.17, 15) is 0 Å². The largest absolute Gasteiger partial charge is 0.496 e. The predicted molar refractivity (Wildman–Crippen MR) is 75.4 cm³/mol. The number of aryl methyl sites for hydroxylation is 4. The molecule has 19 heavy (non-hydrogen) atoms. The van der Waals surface area contributed by atoms with Crippen LogP contribution in [0.15, 0.2) is 22.6 Å². The zero-order valence-electron chi connectivity index (χ0n) is 11.7. The van der Waals surface area contributed by atoms with Gasteiger partial charge in [-0.1, -0.05) is 19.1 Å². The number of hydrogen-bond acceptors (Lipinski definition) is 4. The van der Waals surface area contributed by atoms with E-state index >= 15 is 0 Å². The minimum Gasteiger partial charge on any atom is -0.496 e. The maximum absolute atomic E-state index is 5.54. The van der Waals surface area contributed by atoms with E-state index in [1.807, 2.05) is 13.0 Å². The number of nitrogens with two attached hydrogens (primary N) is 1. The maximum Gasteiger partial charge on any atom is 0.292 e. The van der Waals surface area contributed by atoms with Crippen LogP contribution < -0.4 is 10.5 Å². The summed E-state index contributed by atoms with van der Waals surface area (Å²) in [5.74, 6) is 1.76. The Labute approximate surface area is 113 Å². The van der Waals surface area contributed by atoms with Gasteiger partial charge in [0.15, 0.2) is 0 Å². The highest BCUT2D eigenvalue weighted by atomic mass is 16.5. The number of methoxy groups -OCH3 is 1. The Morgan fingerprint density at radius 3 is 2.68 bits per heavy atom. The second-order valence-corrected chi connectivity index (χ2v) is 4.55. The van der Waals surface area contributed by atoms with Crippen molar-refractivity contribution >= 4 is 6.01 Å². The van der Waals surface area contributed by atoms with Gasteiger partial charge < -0.3 is 14.9 Å². The summed E-state index contributed by atoms with van der Waals surface area (Å²) in [7, 11) is 1.70. The lowest BCUT2D eigenvalue weighted by molar-refractivity contribution is 0.410. The molecular formula is C15H20N2O2. The first-order valence-corrected chi connectivity index (χ1v) is 6.51. The van der Waals surface area contributed by atoms with Gasteiger partial charge in [-0.25, -0.2) is 0 Å². The third kappa shape index (κ3) is 3.08. The number of nitrogens with zero attached hydrogens (tertiary/aromatic N) is 1. The van der Waals surface area contributed by atoms with E-state index in [2.05, 4.69) is 24.0 Å². The molecule has 1 heterocycles. The van der Waals surface area contributed by atoms with Crippen molar-refractivity contribution in [1.29, 1.82) is 0 Å². The maximum atomic E-state index is 5.54. The number of hydrogen-bond donors (Lipinski definition) is 1. The van der Waals surface area contributed by atoms with Crippen LogP contribution in [0, 0.1) is 6.92 Å². The fraction of sp³-hybridized carbons (Fsp3) is 0.400. The highest BCUT2D eigenvalue weighted by Crippen LogP contribution is 2.21. The van der Waals surface area contributed by atoms with E-state index < -0.39 is 0 Å². The van der Waals surface area contributed by atoms with E-state index in [0.717, 1.165) is 36.5 Å². The van der Waals surface area contributed by atoms with Crippen molar-refractivity contribution in [2.24, 2.45) is 0 Å². The number of anilines is 1. The molecule has 1 aromatic carbocycles. The SMILES string of the molecule is CCc1cc(CCc2nc(N)oc2C)ccc1OC. The first-order valence-electron chi connectivity index (χ1n) is 6.51. The molecule has 2 N–H and O–H groups in total. The van der Waals surface area contributed by atoms with E-state index in [-0.39, 0.29) is 6.01 Å². The second-order valence-electron chi connectivity index (χ2n) is 4.55. The summed E-state index contributed by atoms with van der Waals surface area (Å²) in [6.07, 6.45) is 2.72. The van der Waals surface area contributed by atoms with Crippen LogP contribution in [0.5, 0.6) is 5.75 Å². The van der Waals surface area contributed by atoms with E-state index in [0.29, 0.717) is 0 Å². The van der Waals surface area contributed by atoms with Crippen LogP contribution in [-0.4, -0.2) is 12.1 Å². The Morgan fingerprint density at radius 2 is 2.11 bits per heavy atom. The summed E-state index contributed by atoms with van der Waals surface area (Å²) in [6.45, 7) is 4.02. The minimum absolute atomic E-state index is 0.247. The van der Waals surface area contributed by atoms with Crippen molar-refractivity contribution in [2.75, 3.05) is 12.8 Å². The number of nitrogen functional groups attached to an aromatic ring is 1. The van der Waals surface area contributed by atoms with Crippen LogP contribution in [0.25, 0.3) is 0 Å². The quantitative estimate of drug-likeness (QED) is 0.898. The predicted octanol–water partition coefficient (Wildman–Crippen LogP) is 2.92. The van der Waals surface area contributed by atoms with Crippen LogP contribution in [-0.2, 0) is 19.3 Å². The molecule has 0 spiro atoms. The lowest BCUT2D eigenvalue weighted by Gasteiger charge is -2.09. The Morgan fingerprint density at radius 1 is 1.32 bits per heavy atom. The van der Waals surface area contributed by atoms with Crippen molar-refractivity contribution in [3.8, 4) is 5.75 Å². The molecule has 0 aliphatic rings. The third-order valence-electron chi connectivity index (χ3n) is 3.29. The van der Waals surface area contributed by atoms with Crippen molar-refractivity contribution in [2.45, 2.75) is 33.1 Å². The van der Waals surface area contributed by atoms with Crippen LogP contribution in [0.3, 0.4) is 0 Å². The Kier molecular flexibility index (Phi) is 4.10. The summed E-state index contributed by atoms with van der Waals surface area (Å²) in [5.41, 5.74) is 8.98. The topological polar surface area (TPSA) is 61.3 Å². The van der Waals surface area contributed by atoms with Gasteiger partial charge in [-0.15, -0.1) is 0 Å². The molecule has 0 fully saturated rings. The Hall–Kier alpha value is -1.97. The van der Waals surface area contributed by atoms with Gasteiger partial charge in [0.05, 0.1) is 12.8 Å². The molecule has 2 rings (SSSR count). The van der Waals surface area contributed by atoms with Crippen LogP contribution in [0.1, 0.15) is 29.5 Å². The van der Waals surface area contributed by atoms with Gasteiger partial charge in [0.2, 0.25) is 0 Å². The summed E-state index contributed by atoms with van der Waals surface area (Å²) >= 11 is 0. The van der Waals surface area contributed by atoms with Gasteiger partial charge in [-0.2, -0.15) is 4.98 Å². The lowest BCUT2D eigenvalue weighted by Crippen LogP contribution is -1.97. The van der Waals surface area contributed by atoms with E-state index in [4.69, 9.17) is 14.9 Å². The molecule has 0 radical (unpaired) electrons. The highest BCUT2D eigenvalue weighted by Gasteiger charge is 2.08. The molecule has 4 heteroatoms. The van der Waals surface area contributed by atoms with Gasteiger partial charge in [0.1, 0.15) is 11.5 Å². The Balaban J connectivity index is 2.09. The van der Waals surface area contributed by atoms with Gasteiger partial charge in [0, 0.05) is 0 Å². The summed E-state index contributed by atoms with van der Waals surface area (Å²) in [6, 6.07) is 6.56. The molecule has 0 unspecified atom stereocenters. The average molecular weight is 260 g/mol. The number of oxazole rings is 1. The van der Waals surface area contributed by atoms with Gasteiger partial charge >= 0.3 is 0 Å². The monoisotopic (exact) mass is 260 g/mol. The first-order chi connectivity index (χ1) is 9.13.